The first-order valence-corrected chi connectivity index (χ1v) is 8.59. The molecular weight excluding hydrogens is 356 g/mol. The number of aromatic nitrogens is 2. The van der Waals surface area contributed by atoms with Crippen molar-refractivity contribution in [3.05, 3.63) is 51.8 Å². The Labute approximate surface area is 145 Å². The minimum absolute atomic E-state index is 0.0485. The molecule has 0 saturated carbocycles. The van der Waals surface area contributed by atoms with Gasteiger partial charge in [-0.3, -0.25) is 14.4 Å². The molecule has 5 nitrogen and oxygen atoms in total. The summed E-state index contributed by atoms with van der Waals surface area (Å²) in [7, 11) is 1.80. The van der Waals surface area contributed by atoms with Gasteiger partial charge in [0.05, 0.1) is 10.7 Å². The molecule has 0 aliphatic carbocycles. The predicted octanol–water partition coefficient (Wildman–Crippen LogP) is 2.45. The summed E-state index contributed by atoms with van der Waals surface area (Å²) in [6, 6.07) is 8.48. The minimum Gasteiger partial charge on any atom is -0.335 e. The van der Waals surface area contributed by atoms with Gasteiger partial charge in [0.1, 0.15) is 5.69 Å². The lowest BCUT2D eigenvalue weighted by Gasteiger charge is -2.35. The summed E-state index contributed by atoms with van der Waals surface area (Å²) in [6.07, 6.45) is 1.67. The molecule has 1 fully saturated rings. The topological polar surface area (TPSA) is 41.4 Å². The molecular formula is C17H21BrN4O. The number of amides is 1. The van der Waals surface area contributed by atoms with Gasteiger partial charge in [0, 0.05) is 39.8 Å². The number of nitrogens with zero attached hydrogens (tertiary/aromatic N) is 4. The standard InChI is InChI=1S/C17H21BrN4O/c1-13-5-3-4-6-14(13)12-21-7-9-22(10-8-21)17(23)16-15(18)11-19-20(16)2/h3-6,11H,7-10,12H2,1-2H3. The van der Waals surface area contributed by atoms with Crippen LogP contribution in [0.3, 0.4) is 0 Å². The molecule has 1 saturated heterocycles. The minimum atomic E-state index is 0.0485. The van der Waals surface area contributed by atoms with Gasteiger partial charge in [-0.05, 0) is 34.0 Å². The lowest BCUT2D eigenvalue weighted by Crippen LogP contribution is -2.48. The number of aryl methyl sites for hydroxylation is 2. The molecule has 1 aromatic carbocycles. The Balaban J connectivity index is 1.60. The van der Waals surface area contributed by atoms with E-state index in [1.807, 2.05) is 4.90 Å². The number of rotatable bonds is 3. The average Bonchev–Trinajstić information content (AvgIpc) is 2.88. The highest BCUT2D eigenvalue weighted by atomic mass is 79.9. The normalized spacial score (nSPS) is 15.9. The van der Waals surface area contributed by atoms with E-state index in [4.69, 9.17) is 0 Å². The smallest absolute Gasteiger partial charge is 0.273 e. The number of carbonyl (C=O) groups is 1. The third-order valence-corrected chi connectivity index (χ3v) is 4.99. The SMILES string of the molecule is Cc1ccccc1CN1CCN(C(=O)c2c(Br)cnn2C)CC1. The Morgan fingerprint density at radius 2 is 1.91 bits per heavy atom. The second-order valence-electron chi connectivity index (χ2n) is 5.96. The Hall–Kier alpha value is -1.66. The van der Waals surface area contributed by atoms with Crippen molar-refractivity contribution in [1.29, 1.82) is 0 Å². The molecule has 6 heteroatoms. The fourth-order valence-electron chi connectivity index (χ4n) is 2.94. The second kappa shape index (κ2) is 6.84. The zero-order valence-electron chi connectivity index (χ0n) is 13.5. The van der Waals surface area contributed by atoms with E-state index in [1.165, 1.54) is 11.1 Å². The van der Waals surface area contributed by atoms with Crippen LogP contribution in [0.5, 0.6) is 0 Å². The highest BCUT2D eigenvalue weighted by molar-refractivity contribution is 9.10. The van der Waals surface area contributed by atoms with Crippen LogP contribution in [-0.4, -0.2) is 51.7 Å². The molecule has 0 spiro atoms. The summed E-state index contributed by atoms with van der Waals surface area (Å²) in [5.41, 5.74) is 3.31. The van der Waals surface area contributed by atoms with E-state index in [1.54, 1.807) is 17.9 Å². The van der Waals surface area contributed by atoms with Crippen molar-refractivity contribution in [2.75, 3.05) is 26.2 Å². The zero-order valence-corrected chi connectivity index (χ0v) is 15.1. The number of carbonyl (C=O) groups excluding carboxylic acids is 1. The van der Waals surface area contributed by atoms with Crippen LogP contribution in [0, 0.1) is 6.92 Å². The third kappa shape index (κ3) is 3.48. The van der Waals surface area contributed by atoms with E-state index < -0.39 is 0 Å². The van der Waals surface area contributed by atoms with E-state index in [-0.39, 0.29) is 5.91 Å². The number of piperazine rings is 1. The van der Waals surface area contributed by atoms with Crippen LogP contribution in [0.1, 0.15) is 21.6 Å². The van der Waals surface area contributed by atoms with Gasteiger partial charge in [0.2, 0.25) is 0 Å². The Bertz CT molecular complexity index is 685. The highest BCUT2D eigenvalue weighted by Crippen LogP contribution is 2.19. The Kier molecular flexibility index (Phi) is 4.82. The van der Waals surface area contributed by atoms with Crippen molar-refractivity contribution < 1.29 is 4.79 Å². The second-order valence-corrected chi connectivity index (χ2v) is 6.81. The number of hydrogen-bond donors (Lipinski definition) is 0. The van der Waals surface area contributed by atoms with Crippen LogP contribution >= 0.6 is 15.9 Å². The molecule has 0 radical (unpaired) electrons. The molecule has 0 unspecified atom stereocenters. The first-order valence-electron chi connectivity index (χ1n) is 7.80. The molecule has 2 heterocycles. The Morgan fingerprint density at radius 1 is 1.22 bits per heavy atom. The molecule has 1 amide bonds. The van der Waals surface area contributed by atoms with Gasteiger partial charge in [-0.2, -0.15) is 5.10 Å². The van der Waals surface area contributed by atoms with Gasteiger partial charge in [-0.1, -0.05) is 24.3 Å². The number of benzene rings is 1. The number of halogens is 1. The maximum atomic E-state index is 12.6. The van der Waals surface area contributed by atoms with Crippen LogP contribution in [0.2, 0.25) is 0 Å². The molecule has 2 aromatic rings. The van der Waals surface area contributed by atoms with Crippen molar-refractivity contribution in [3.63, 3.8) is 0 Å². The maximum absolute atomic E-state index is 12.6. The molecule has 3 rings (SSSR count). The summed E-state index contributed by atoms with van der Waals surface area (Å²) in [5.74, 6) is 0.0485. The summed E-state index contributed by atoms with van der Waals surface area (Å²) >= 11 is 3.41. The van der Waals surface area contributed by atoms with E-state index in [0.29, 0.717) is 5.69 Å². The molecule has 0 atom stereocenters. The van der Waals surface area contributed by atoms with Gasteiger partial charge in [0.25, 0.3) is 5.91 Å². The van der Waals surface area contributed by atoms with Crippen molar-refractivity contribution in [3.8, 4) is 0 Å². The highest BCUT2D eigenvalue weighted by Gasteiger charge is 2.25. The quantitative estimate of drug-likeness (QED) is 0.825. The van der Waals surface area contributed by atoms with Gasteiger partial charge < -0.3 is 4.90 Å². The van der Waals surface area contributed by atoms with Crippen LogP contribution < -0.4 is 0 Å². The summed E-state index contributed by atoms with van der Waals surface area (Å²) in [4.78, 5) is 17.0. The fourth-order valence-corrected chi connectivity index (χ4v) is 3.46. The first kappa shape index (κ1) is 16.2. The van der Waals surface area contributed by atoms with Gasteiger partial charge in [-0.15, -0.1) is 0 Å². The van der Waals surface area contributed by atoms with Crippen LogP contribution in [0.25, 0.3) is 0 Å². The molecule has 0 N–H and O–H groups in total. The Morgan fingerprint density at radius 3 is 2.52 bits per heavy atom. The van der Waals surface area contributed by atoms with Crippen LogP contribution in [0.4, 0.5) is 0 Å². The first-order chi connectivity index (χ1) is 11.1. The molecule has 0 bridgehead atoms. The van der Waals surface area contributed by atoms with Gasteiger partial charge >= 0.3 is 0 Å². The largest absolute Gasteiger partial charge is 0.335 e. The van der Waals surface area contributed by atoms with Crippen LogP contribution in [0.15, 0.2) is 34.9 Å². The van der Waals surface area contributed by atoms with Crippen LogP contribution in [-0.2, 0) is 13.6 Å². The summed E-state index contributed by atoms with van der Waals surface area (Å²) in [5, 5.41) is 4.12. The molecule has 1 aliphatic rings. The summed E-state index contributed by atoms with van der Waals surface area (Å²) < 4.78 is 2.39. The van der Waals surface area contributed by atoms with Gasteiger partial charge in [0.15, 0.2) is 0 Å². The van der Waals surface area contributed by atoms with Crippen molar-refractivity contribution in [2.24, 2.45) is 7.05 Å². The maximum Gasteiger partial charge on any atom is 0.273 e. The van der Waals surface area contributed by atoms with E-state index in [9.17, 15) is 4.79 Å². The zero-order chi connectivity index (χ0) is 16.4. The fraction of sp³-hybridized carbons (Fsp3) is 0.412. The van der Waals surface area contributed by atoms with Crippen molar-refractivity contribution >= 4 is 21.8 Å². The summed E-state index contributed by atoms with van der Waals surface area (Å²) in [6.45, 7) is 6.40. The molecule has 122 valence electrons. The van der Waals surface area contributed by atoms with E-state index in [0.717, 1.165) is 37.2 Å². The molecule has 1 aliphatic heterocycles. The van der Waals surface area contributed by atoms with E-state index in [2.05, 4.69) is 57.1 Å². The van der Waals surface area contributed by atoms with Crippen molar-refractivity contribution in [2.45, 2.75) is 13.5 Å². The average molecular weight is 377 g/mol. The van der Waals surface area contributed by atoms with Gasteiger partial charge in [-0.25, -0.2) is 0 Å². The molecule has 1 aromatic heterocycles. The monoisotopic (exact) mass is 376 g/mol. The lowest BCUT2D eigenvalue weighted by atomic mass is 10.1. The van der Waals surface area contributed by atoms with E-state index >= 15 is 0 Å². The van der Waals surface area contributed by atoms with Crippen molar-refractivity contribution in [1.82, 2.24) is 19.6 Å². The number of hydrogen-bond acceptors (Lipinski definition) is 3. The lowest BCUT2D eigenvalue weighted by molar-refractivity contribution is 0.0616. The molecule has 23 heavy (non-hydrogen) atoms. The predicted molar refractivity (Wildman–Crippen MR) is 93.3 cm³/mol. The third-order valence-electron chi connectivity index (χ3n) is 4.41.